The van der Waals surface area contributed by atoms with Crippen molar-refractivity contribution in [3.05, 3.63) is 22.4 Å². The second kappa shape index (κ2) is 7.59. The summed E-state index contributed by atoms with van der Waals surface area (Å²) in [5, 5.41) is 11.6. The van der Waals surface area contributed by atoms with Gasteiger partial charge in [-0.25, -0.2) is 4.79 Å². The smallest absolute Gasteiger partial charge is 0.326 e. The molecule has 0 aliphatic rings. The first-order valence-corrected chi connectivity index (χ1v) is 8.06. The average Bonchev–Trinajstić information content (AvgIpc) is 2.75. The molecule has 0 saturated heterocycles. The molecule has 1 heterocycles. The van der Waals surface area contributed by atoms with E-state index in [1.165, 1.54) is 0 Å². The number of halogens is 1. The number of aryl methyl sites for hydroxylation is 1. The van der Waals surface area contributed by atoms with Gasteiger partial charge in [0, 0.05) is 17.2 Å². The number of thioether (sulfide) groups is 1. The van der Waals surface area contributed by atoms with Gasteiger partial charge in [0.1, 0.15) is 11.7 Å². The number of nitrogens with zero attached hydrogens (tertiary/aromatic N) is 1. The fraction of sp³-hybridized carbons (Fsp3) is 0.500. The van der Waals surface area contributed by atoms with Crippen molar-refractivity contribution >= 4 is 39.6 Å². The number of hydrogen-bond donors (Lipinski definition) is 2. The summed E-state index contributed by atoms with van der Waals surface area (Å²) in [5.74, 6) is -0.674. The Balaban J connectivity index is 2.78. The second-order valence-corrected chi connectivity index (χ2v) is 5.88. The summed E-state index contributed by atoms with van der Waals surface area (Å²) < 4.78 is 2.57. The van der Waals surface area contributed by atoms with Crippen molar-refractivity contribution in [1.29, 1.82) is 0 Å². The second-order valence-electron chi connectivity index (χ2n) is 3.98. The van der Waals surface area contributed by atoms with Crippen molar-refractivity contribution in [3.8, 4) is 0 Å². The first-order chi connectivity index (χ1) is 8.99. The minimum atomic E-state index is -1.00. The van der Waals surface area contributed by atoms with Crippen molar-refractivity contribution in [2.24, 2.45) is 0 Å². The third kappa shape index (κ3) is 4.58. The quantitative estimate of drug-likeness (QED) is 0.792. The van der Waals surface area contributed by atoms with E-state index < -0.39 is 12.0 Å². The van der Waals surface area contributed by atoms with E-state index in [4.69, 9.17) is 5.11 Å². The van der Waals surface area contributed by atoms with E-state index >= 15 is 0 Å². The van der Waals surface area contributed by atoms with Gasteiger partial charge in [-0.2, -0.15) is 11.8 Å². The maximum Gasteiger partial charge on any atom is 0.326 e. The molecule has 19 heavy (non-hydrogen) atoms. The number of aromatic nitrogens is 1. The van der Waals surface area contributed by atoms with Crippen LogP contribution in [0.4, 0.5) is 0 Å². The number of carboxylic acids is 1. The van der Waals surface area contributed by atoms with Crippen molar-refractivity contribution < 1.29 is 14.7 Å². The highest BCUT2D eigenvalue weighted by Crippen LogP contribution is 2.15. The number of rotatable bonds is 7. The summed E-state index contributed by atoms with van der Waals surface area (Å²) in [6.45, 7) is 2.57. The molecule has 2 N–H and O–H groups in total. The number of amides is 1. The zero-order valence-corrected chi connectivity index (χ0v) is 13.3. The molecule has 5 nitrogen and oxygen atoms in total. The van der Waals surface area contributed by atoms with E-state index in [1.807, 2.05) is 13.2 Å². The lowest BCUT2D eigenvalue weighted by molar-refractivity contribution is -0.139. The van der Waals surface area contributed by atoms with Crippen LogP contribution in [0.5, 0.6) is 0 Å². The summed E-state index contributed by atoms with van der Waals surface area (Å²) in [6.07, 6.45) is 4.11. The summed E-state index contributed by atoms with van der Waals surface area (Å²) in [6, 6.07) is 0.839. The number of aliphatic carboxylic acids is 1. The van der Waals surface area contributed by atoms with Crippen molar-refractivity contribution in [1.82, 2.24) is 9.88 Å². The lowest BCUT2D eigenvalue weighted by Crippen LogP contribution is -2.41. The van der Waals surface area contributed by atoms with E-state index in [0.29, 0.717) is 24.4 Å². The van der Waals surface area contributed by atoms with Crippen LogP contribution < -0.4 is 5.32 Å². The Morgan fingerprint density at radius 2 is 2.26 bits per heavy atom. The molecule has 0 spiro atoms. The van der Waals surface area contributed by atoms with E-state index in [9.17, 15) is 9.59 Å². The minimum Gasteiger partial charge on any atom is -0.480 e. The maximum absolute atomic E-state index is 12.1. The third-order valence-electron chi connectivity index (χ3n) is 2.65. The molecule has 0 aromatic carbocycles. The highest BCUT2D eigenvalue weighted by Gasteiger charge is 2.21. The molecule has 1 rings (SSSR count). The van der Waals surface area contributed by atoms with Gasteiger partial charge >= 0.3 is 5.97 Å². The Morgan fingerprint density at radius 3 is 2.79 bits per heavy atom. The molecule has 1 aromatic rings. The highest BCUT2D eigenvalue weighted by molar-refractivity contribution is 9.10. The van der Waals surface area contributed by atoms with Gasteiger partial charge in [-0.15, -0.1) is 0 Å². The molecule has 0 saturated carbocycles. The lowest BCUT2D eigenvalue weighted by Gasteiger charge is -2.14. The summed E-state index contributed by atoms with van der Waals surface area (Å²) >= 11 is 4.86. The van der Waals surface area contributed by atoms with Crippen molar-refractivity contribution in [3.63, 3.8) is 0 Å². The van der Waals surface area contributed by atoms with Crippen LogP contribution in [-0.4, -0.2) is 39.6 Å². The summed E-state index contributed by atoms with van der Waals surface area (Å²) in [7, 11) is 0. The van der Waals surface area contributed by atoms with Crippen molar-refractivity contribution in [2.75, 3.05) is 12.0 Å². The molecule has 0 unspecified atom stereocenters. The van der Waals surface area contributed by atoms with Crippen LogP contribution in [0, 0.1) is 0 Å². The first-order valence-electron chi connectivity index (χ1n) is 5.87. The number of nitrogens with one attached hydrogen (secondary N) is 1. The Hall–Kier alpha value is -0.950. The van der Waals surface area contributed by atoms with Gasteiger partial charge in [-0.3, -0.25) is 4.79 Å². The van der Waals surface area contributed by atoms with E-state index in [1.54, 1.807) is 28.6 Å². The number of carbonyl (C=O) groups excluding carboxylic acids is 1. The van der Waals surface area contributed by atoms with Crippen LogP contribution >= 0.6 is 27.7 Å². The van der Waals surface area contributed by atoms with Crippen LogP contribution in [0.2, 0.25) is 0 Å². The zero-order valence-electron chi connectivity index (χ0n) is 10.9. The Bertz CT molecular complexity index is 462. The van der Waals surface area contributed by atoms with Gasteiger partial charge in [-0.1, -0.05) is 0 Å². The Morgan fingerprint density at radius 1 is 1.58 bits per heavy atom. The maximum atomic E-state index is 12.1. The van der Waals surface area contributed by atoms with Crippen molar-refractivity contribution in [2.45, 2.75) is 25.9 Å². The minimum absolute atomic E-state index is 0.360. The van der Waals surface area contributed by atoms with E-state index in [0.717, 1.165) is 4.47 Å². The summed E-state index contributed by atoms with van der Waals surface area (Å²) in [5.41, 5.74) is 0.463. The monoisotopic (exact) mass is 348 g/mol. The highest BCUT2D eigenvalue weighted by atomic mass is 79.9. The third-order valence-corrected chi connectivity index (χ3v) is 3.73. The largest absolute Gasteiger partial charge is 0.480 e. The van der Waals surface area contributed by atoms with E-state index in [-0.39, 0.29) is 5.91 Å². The van der Waals surface area contributed by atoms with E-state index in [2.05, 4.69) is 21.2 Å². The predicted molar refractivity (Wildman–Crippen MR) is 79.7 cm³/mol. The molecule has 0 fully saturated rings. The van der Waals surface area contributed by atoms with Gasteiger partial charge < -0.3 is 15.0 Å². The molecule has 1 atom stereocenters. The van der Waals surface area contributed by atoms with Gasteiger partial charge in [0.05, 0.1) is 0 Å². The Kier molecular flexibility index (Phi) is 6.44. The summed E-state index contributed by atoms with van der Waals surface area (Å²) in [4.78, 5) is 23.2. The molecule has 0 aliphatic carbocycles. The van der Waals surface area contributed by atoms with Crippen LogP contribution in [0.15, 0.2) is 16.7 Å². The average molecular weight is 349 g/mol. The molecule has 0 bridgehead atoms. The van der Waals surface area contributed by atoms with Gasteiger partial charge in [0.2, 0.25) is 0 Å². The number of carboxylic acid groups (broad SMARTS) is 1. The molecule has 0 aliphatic heterocycles. The number of hydrogen-bond acceptors (Lipinski definition) is 3. The fourth-order valence-electron chi connectivity index (χ4n) is 1.65. The molecule has 0 radical (unpaired) electrons. The predicted octanol–water partition coefficient (Wildman–Crippen LogP) is 2.21. The normalized spacial score (nSPS) is 12.2. The molecule has 1 amide bonds. The van der Waals surface area contributed by atoms with Gasteiger partial charge in [0.25, 0.3) is 5.91 Å². The molecular formula is C12H17BrN2O3S. The van der Waals surface area contributed by atoms with Crippen LogP contribution in [0.25, 0.3) is 0 Å². The van der Waals surface area contributed by atoms with Gasteiger partial charge in [-0.05, 0) is 47.3 Å². The molecule has 1 aromatic heterocycles. The Labute approximate surface area is 124 Å². The van der Waals surface area contributed by atoms with Crippen LogP contribution in [0.3, 0.4) is 0 Å². The van der Waals surface area contributed by atoms with Crippen LogP contribution in [-0.2, 0) is 11.3 Å². The van der Waals surface area contributed by atoms with Gasteiger partial charge in [0.15, 0.2) is 0 Å². The lowest BCUT2D eigenvalue weighted by atomic mass is 10.2. The van der Waals surface area contributed by atoms with Crippen LogP contribution in [0.1, 0.15) is 23.8 Å². The molecular weight excluding hydrogens is 332 g/mol. The number of carbonyl (C=O) groups is 2. The molecule has 106 valence electrons. The first kappa shape index (κ1) is 16.1. The topological polar surface area (TPSA) is 71.3 Å². The standard InChI is InChI=1S/C12H17BrN2O3S/c1-3-15-7-8(13)6-10(15)11(16)14-9(12(17)18)4-5-19-2/h6-7,9H,3-5H2,1-2H3,(H,14,16)(H,17,18)/t9-/m1/s1. The SMILES string of the molecule is CCn1cc(Br)cc1C(=O)N[C@H](CCSC)C(=O)O. The molecule has 7 heteroatoms. The fourth-order valence-corrected chi connectivity index (χ4v) is 2.59. The zero-order chi connectivity index (χ0) is 14.4.